The highest BCUT2D eigenvalue weighted by atomic mass is 16.6. The van der Waals surface area contributed by atoms with Gasteiger partial charge in [0.1, 0.15) is 12.4 Å². The highest BCUT2D eigenvalue weighted by Gasteiger charge is 2.01. The van der Waals surface area contributed by atoms with Crippen LogP contribution in [0.3, 0.4) is 0 Å². The number of carbonyl (C=O) groups is 2. The largest absolute Gasteiger partial charge is 0.491 e. The molecule has 0 aliphatic carbocycles. The molecule has 0 spiro atoms. The molecule has 1 rings (SSSR count). The summed E-state index contributed by atoms with van der Waals surface area (Å²) in [6.45, 7) is 14.4. The molecule has 0 atom stereocenters. The Bertz CT molecular complexity index is 910. The molecule has 0 unspecified atom stereocenters. The predicted octanol–water partition coefficient (Wildman–Crippen LogP) is 2.16. The van der Waals surface area contributed by atoms with Crippen molar-refractivity contribution in [1.29, 1.82) is 0 Å². The number of nitrogens with one attached hydrogen (secondary N) is 1. The van der Waals surface area contributed by atoms with E-state index in [9.17, 15) is 9.59 Å². The molecule has 0 saturated heterocycles. The van der Waals surface area contributed by atoms with Crippen molar-refractivity contribution in [1.82, 2.24) is 0 Å². The first-order valence-corrected chi connectivity index (χ1v) is 17.6. The van der Waals surface area contributed by atoms with Crippen LogP contribution in [0.4, 0.5) is 5.69 Å². The Morgan fingerprint density at radius 2 is 0.745 bits per heavy atom. The van der Waals surface area contributed by atoms with E-state index in [1.807, 2.05) is 0 Å². The molecule has 1 N–H and O–H groups in total. The predicted molar refractivity (Wildman–Crippen MR) is 186 cm³/mol. The van der Waals surface area contributed by atoms with Gasteiger partial charge in [-0.2, -0.15) is 0 Å². The Morgan fingerprint density at radius 3 is 1.04 bits per heavy atom. The van der Waals surface area contributed by atoms with Crippen molar-refractivity contribution in [3.63, 3.8) is 0 Å². The van der Waals surface area contributed by atoms with Crippen molar-refractivity contribution in [2.45, 2.75) is 20.3 Å². The number of hydrogen-bond donors (Lipinski definition) is 1. The molecule has 0 bridgehead atoms. The summed E-state index contributed by atoms with van der Waals surface area (Å²) in [5.74, 6) is 0.347. The van der Waals surface area contributed by atoms with Gasteiger partial charge in [0.2, 0.25) is 5.91 Å². The first-order chi connectivity index (χ1) is 25.1. The van der Waals surface area contributed by atoms with Gasteiger partial charge in [-0.25, -0.2) is 0 Å². The number of esters is 1. The molecule has 16 nitrogen and oxygen atoms in total. The van der Waals surface area contributed by atoms with Gasteiger partial charge in [-0.1, -0.05) is 0 Å². The maximum atomic E-state index is 11.2. The maximum absolute atomic E-state index is 11.2. The summed E-state index contributed by atoms with van der Waals surface area (Å²) < 4.78 is 70.4. The molecule has 0 fully saturated rings. The fraction of sp³-hybridized carbons (Fsp3) is 0.771. The molecule has 0 saturated carbocycles. The smallest absolute Gasteiger partial charge is 0.308 e. The molecule has 1 aromatic carbocycles. The van der Waals surface area contributed by atoms with Gasteiger partial charge in [-0.05, 0) is 31.2 Å². The lowest BCUT2D eigenvalue weighted by Crippen LogP contribution is -2.15. The number of carbonyl (C=O) groups excluding carboxylic acids is 2. The van der Waals surface area contributed by atoms with E-state index in [0.29, 0.717) is 164 Å². The Morgan fingerprint density at radius 1 is 0.451 bits per heavy atom. The quantitative estimate of drug-likeness (QED) is 0.0772. The number of hydrogen-bond acceptors (Lipinski definition) is 15. The Kier molecular flexibility index (Phi) is 34.0. The lowest BCUT2D eigenvalue weighted by molar-refractivity contribution is -0.144. The van der Waals surface area contributed by atoms with Crippen molar-refractivity contribution < 1.29 is 71.2 Å². The van der Waals surface area contributed by atoms with Gasteiger partial charge in [-0.15, -0.1) is 0 Å². The van der Waals surface area contributed by atoms with Crippen molar-refractivity contribution in [3.8, 4) is 5.75 Å². The Balaban J connectivity index is 1.65. The van der Waals surface area contributed by atoms with Crippen LogP contribution < -0.4 is 10.1 Å². The van der Waals surface area contributed by atoms with Gasteiger partial charge >= 0.3 is 5.97 Å². The molecule has 0 radical (unpaired) electrons. The number of ether oxygens (including phenoxy) is 13. The van der Waals surface area contributed by atoms with Gasteiger partial charge in [0, 0.05) is 12.6 Å². The summed E-state index contributed by atoms with van der Waals surface area (Å²) in [4.78, 5) is 22.2. The molecule has 0 aliphatic rings. The highest BCUT2D eigenvalue weighted by Crippen LogP contribution is 2.15. The second kappa shape index (κ2) is 37.3. The van der Waals surface area contributed by atoms with Crippen LogP contribution in [0.15, 0.2) is 24.3 Å². The van der Waals surface area contributed by atoms with Crippen LogP contribution in [-0.2, 0) is 66.4 Å². The van der Waals surface area contributed by atoms with Crippen LogP contribution in [-0.4, -0.2) is 170 Å². The molecule has 0 aromatic heterocycles. The normalized spacial score (nSPS) is 11.2. The van der Waals surface area contributed by atoms with Gasteiger partial charge in [-0.3, -0.25) is 9.59 Å². The lowest BCUT2D eigenvalue weighted by Gasteiger charge is -2.09. The van der Waals surface area contributed by atoms with Crippen molar-refractivity contribution in [3.05, 3.63) is 24.3 Å². The Hall–Kier alpha value is -2.48. The molecular formula is C35H61NO15. The van der Waals surface area contributed by atoms with E-state index < -0.39 is 0 Å². The second-order valence-electron chi connectivity index (χ2n) is 10.3. The monoisotopic (exact) mass is 735 g/mol. The molecular weight excluding hydrogens is 674 g/mol. The van der Waals surface area contributed by atoms with E-state index in [-0.39, 0.29) is 18.3 Å². The molecule has 296 valence electrons. The number of rotatable bonds is 39. The van der Waals surface area contributed by atoms with Crippen molar-refractivity contribution in [2.24, 2.45) is 0 Å². The van der Waals surface area contributed by atoms with Gasteiger partial charge in [0.05, 0.1) is 158 Å². The van der Waals surface area contributed by atoms with Crippen LogP contribution in [0.2, 0.25) is 0 Å². The minimum absolute atomic E-state index is 0.111. The van der Waals surface area contributed by atoms with E-state index in [1.54, 1.807) is 31.2 Å². The van der Waals surface area contributed by atoms with Crippen LogP contribution in [0.5, 0.6) is 5.75 Å². The standard InChI is InChI=1S/C35H61NO15/c1-3-50-35(38)8-9-39-10-11-40-12-13-41-14-15-42-16-17-43-18-19-44-20-21-45-22-23-46-24-25-47-26-27-48-28-29-49-30-31-51-34-6-4-33(5-7-34)36-32(2)37/h4-7H,3,8-31H2,1-2H3,(H,36,37). The van der Waals surface area contributed by atoms with Gasteiger partial charge in [0.25, 0.3) is 0 Å². The third-order valence-electron chi connectivity index (χ3n) is 6.15. The first kappa shape index (κ1) is 46.5. The van der Waals surface area contributed by atoms with E-state index in [2.05, 4.69) is 5.32 Å². The van der Waals surface area contributed by atoms with E-state index in [4.69, 9.17) is 61.6 Å². The van der Waals surface area contributed by atoms with Crippen molar-refractivity contribution >= 4 is 17.6 Å². The highest BCUT2D eigenvalue weighted by molar-refractivity contribution is 5.88. The first-order valence-electron chi connectivity index (χ1n) is 17.6. The number of amides is 1. The zero-order valence-corrected chi connectivity index (χ0v) is 30.6. The summed E-state index contributed by atoms with van der Waals surface area (Å²) >= 11 is 0. The minimum Gasteiger partial charge on any atom is -0.491 e. The summed E-state index contributed by atoms with van der Waals surface area (Å²) in [6.07, 6.45) is 0.252. The van der Waals surface area contributed by atoms with Gasteiger partial charge < -0.3 is 66.9 Å². The average Bonchev–Trinajstić information content (AvgIpc) is 3.12. The number of anilines is 1. The van der Waals surface area contributed by atoms with Crippen LogP contribution in [0.25, 0.3) is 0 Å². The summed E-state index contributed by atoms with van der Waals surface area (Å²) in [5.41, 5.74) is 0.728. The summed E-state index contributed by atoms with van der Waals surface area (Å²) in [5, 5.41) is 2.71. The molecule has 16 heteroatoms. The van der Waals surface area contributed by atoms with Gasteiger partial charge in [0.15, 0.2) is 0 Å². The Labute approximate surface area is 302 Å². The molecule has 0 aliphatic heterocycles. The third-order valence-corrected chi connectivity index (χ3v) is 6.15. The molecule has 51 heavy (non-hydrogen) atoms. The zero-order chi connectivity index (χ0) is 36.7. The second-order valence-corrected chi connectivity index (χ2v) is 10.3. The maximum Gasteiger partial charge on any atom is 0.308 e. The third kappa shape index (κ3) is 34.4. The fourth-order valence-corrected chi connectivity index (χ4v) is 3.75. The van der Waals surface area contributed by atoms with Crippen molar-refractivity contribution in [2.75, 3.05) is 164 Å². The minimum atomic E-state index is -0.255. The molecule has 0 heterocycles. The van der Waals surface area contributed by atoms with Crippen LogP contribution in [0, 0.1) is 0 Å². The van der Waals surface area contributed by atoms with E-state index in [1.165, 1.54) is 6.92 Å². The number of benzene rings is 1. The molecule has 1 amide bonds. The van der Waals surface area contributed by atoms with Crippen LogP contribution in [0.1, 0.15) is 20.3 Å². The SMILES string of the molecule is CCOC(=O)CCOCCOCCOCCOCCOCCOCCOCCOCCOCCOCCOCCOc1ccc(NC(C)=O)cc1. The summed E-state index contributed by atoms with van der Waals surface area (Å²) in [7, 11) is 0. The lowest BCUT2D eigenvalue weighted by atomic mass is 10.3. The van der Waals surface area contributed by atoms with Crippen LogP contribution >= 0.6 is 0 Å². The zero-order valence-electron chi connectivity index (χ0n) is 30.6. The van der Waals surface area contributed by atoms with E-state index >= 15 is 0 Å². The molecule has 1 aromatic rings. The van der Waals surface area contributed by atoms with E-state index in [0.717, 1.165) is 5.69 Å². The summed E-state index contributed by atoms with van der Waals surface area (Å²) in [6, 6.07) is 7.16. The average molecular weight is 736 g/mol. The topological polar surface area (TPSA) is 166 Å². The fourth-order valence-electron chi connectivity index (χ4n) is 3.75.